The molecule has 0 atom stereocenters. The Balaban J connectivity index is 1.61. The minimum Gasteiger partial charge on any atom is -0.454 e. The monoisotopic (exact) mass is 293 g/mol. The molecule has 2 aromatic rings. The van der Waals surface area contributed by atoms with E-state index in [0.29, 0.717) is 18.1 Å². The lowest BCUT2D eigenvalue weighted by Gasteiger charge is -2.07. The van der Waals surface area contributed by atoms with Crippen LogP contribution in [0.25, 0.3) is 0 Å². The van der Waals surface area contributed by atoms with Gasteiger partial charge in [0.15, 0.2) is 11.5 Å². The molecule has 1 aliphatic rings. The lowest BCUT2D eigenvalue weighted by atomic mass is 10.2. The summed E-state index contributed by atoms with van der Waals surface area (Å²) in [4.78, 5) is 0. The summed E-state index contributed by atoms with van der Waals surface area (Å²) in [5.41, 5.74) is 1.81. The molecule has 0 saturated carbocycles. The smallest absolute Gasteiger partial charge is 0.231 e. The summed E-state index contributed by atoms with van der Waals surface area (Å²) < 4.78 is 23.7. The van der Waals surface area contributed by atoms with Gasteiger partial charge >= 0.3 is 0 Å². The number of halogens is 2. The highest BCUT2D eigenvalue weighted by Crippen LogP contribution is 2.32. The number of hydrogen-bond acceptors (Lipinski definition) is 3. The second-order valence-corrected chi connectivity index (χ2v) is 4.93. The Morgan fingerprint density at radius 1 is 1.05 bits per heavy atom. The predicted molar refractivity (Wildman–Crippen MR) is 74.5 cm³/mol. The van der Waals surface area contributed by atoms with Gasteiger partial charge in [-0.05, 0) is 41.5 Å². The highest BCUT2D eigenvalue weighted by molar-refractivity contribution is 6.31. The van der Waals surface area contributed by atoms with Crippen LogP contribution in [0.3, 0.4) is 0 Å². The van der Waals surface area contributed by atoms with E-state index in [-0.39, 0.29) is 12.6 Å². The second kappa shape index (κ2) is 5.69. The summed E-state index contributed by atoms with van der Waals surface area (Å²) in [6.45, 7) is 1.42. The molecule has 0 bridgehead atoms. The number of benzene rings is 2. The van der Waals surface area contributed by atoms with Gasteiger partial charge in [-0.25, -0.2) is 4.39 Å². The van der Waals surface area contributed by atoms with E-state index in [4.69, 9.17) is 21.1 Å². The van der Waals surface area contributed by atoms with E-state index in [0.717, 1.165) is 22.6 Å². The first-order valence-corrected chi connectivity index (χ1v) is 6.63. The third-order valence-corrected chi connectivity index (χ3v) is 3.46. The highest BCUT2D eigenvalue weighted by atomic mass is 35.5. The molecule has 3 rings (SSSR count). The van der Waals surface area contributed by atoms with E-state index >= 15 is 0 Å². The van der Waals surface area contributed by atoms with Crippen LogP contribution < -0.4 is 14.8 Å². The molecule has 1 aliphatic heterocycles. The number of ether oxygens (including phenoxy) is 2. The summed E-state index contributed by atoms with van der Waals surface area (Å²) in [5.74, 6) is 1.24. The minimum absolute atomic E-state index is 0.269. The van der Waals surface area contributed by atoms with Crippen molar-refractivity contribution in [3.05, 3.63) is 58.4 Å². The molecular weight excluding hydrogens is 281 g/mol. The van der Waals surface area contributed by atoms with Gasteiger partial charge in [0.2, 0.25) is 6.79 Å². The third-order valence-electron chi connectivity index (χ3n) is 3.09. The fourth-order valence-electron chi connectivity index (χ4n) is 2.07. The standard InChI is InChI=1S/C15H13ClFNO2/c16-13-3-2-12(17)6-11(13)8-18-7-10-1-4-14-15(5-10)20-9-19-14/h1-6,18H,7-9H2. The SMILES string of the molecule is Fc1ccc(Cl)c(CNCc2ccc3c(c2)OCO3)c1. The van der Waals surface area contributed by atoms with Gasteiger partial charge in [-0.15, -0.1) is 0 Å². The summed E-state index contributed by atoms with van der Waals surface area (Å²) in [5, 5.41) is 3.79. The highest BCUT2D eigenvalue weighted by Gasteiger charge is 2.12. The molecule has 20 heavy (non-hydrogen) atoms. The van der Waals surface area contributed by atoms with Crippen molar-refractivity contribution in [1.82, 2.24) is 5.32 Å². The topological polar surface area (TPSA) is 30.5 Å². The van der Waals surface area contributed by atoms with Crippen molar-refractivity contribution >= 4 is 11.6 Å². The van der Waals surface area contributed by atoms with Gasteiger partial charge in [-0.2, -0.15) is 0 Å². The Kier molecular flexibility index (Phi) is 3.76. The Morgan fingerprint density at radius 2 is 1.90 bits per heavy atom. The largest absolute Gasteiger partial charge is 0.454 e. The zero-order chi connectivity index (χ0) is 13.9. The molecular formula is C15H13ClFNO2. The van der Waals surface area contributed by atoms with Crippen molar-refractivity contribution in [2.75, 3.05) is 6.79 Å². The third kappa shape index (κ3) is 2.86. The molecule has 0 fully saturated rings. The van der Waals surface area contributed by atoms with Crippen LogP contribution in [0.2, 0.25) is 5.02 Å². The van der Waals surface area contributed by atoms with Gasteiger partial charge in [0.1, 0.15) is 5.82 Å². The van der Waals surface area contributed by atoms with E-state index in [9.17, 15) is 4.39 Å². The quantitative estimate of drug-likeness (QED) is 0.936. The maximum atomic E-state index is 13.1. The first kappa shape index (κ1) is 13.2. The van der Waals surface area contributed by atoms with Gasteiger partial charge in [0.25, 0.3) is 0 Å². The molecule has 0 amide bonds. The Hall–Kier alpha value is -1.78. The Bertz CT molecular complexity index is 633. The zero-order valence-electron chi connectivity index (χ0n) is 10.7. The molecule has 0 unspecified atom stereocenters. The van der Waals surface area contributed by atoms with Crippen LogP contribution in [0.15, 0.2) is 36.4 Å². The van der Waals surface area contributed by atoms with Crippen molar-refractivity contribution in [2.24, 2.45) is 0 Å². The maximum Gasteiger partial charge on any atom is 0.231 e. The summed E-state index contributed by atoms with van der Waals surface area (Å²) in [6.07, 6.45) is 0. The van der Waals surface area contributed by atoms with Crippen molar-refractivity contribution in [2.45, 2.75) is 13.1 Å². The lowest BCUT2D eigenvalue weighted by Crippen LogP contribution is -2.13. The fourth-order valence-corrected chi connectivity index (χ4v) is 2.26. The number of rotatable bonds is 4. The van der Waals surface area contributed by atoms with Crippen LogP contribution in [-0.4, -0.2) is 6.79 Å². The molecule has 1 heterocycles. The summed E-state index contributed by atoms with van der Waals surface area (Å²) >= 11 is 6.01. The maximum absolute atomic E-state index is 13.1. The van der Waals surface area contributed by atoms with Crippen LogP contribution >= 0.6 is 11.6 Å². The Labute approximate surface area is 121 Å². The number of nitrogens with one attached hydrogen (secondary N) is 1. The molecule has 0 spiro atoms. The van der Waals surface area contributed by atoms with Gasteiger partial charge in [0, 0.05) is 18.1 Å². The van der Waals surface area contributed by atoms with Gasteiger partial charge < -0.3 is 14.8 Å². The molecule has 0 aromatic heterocycles. The molecule has 104 valence electrons. The normalized spacial score (nSPS) is 12.7. The molecule has 3 nitrogen and oxygen atoms in total. The van der Waals surface area contributed by atoms with Crippen LogP contribution in [-0.2, 0) is 13.1 Å². The van der Waals surface area contributed by atoms with Crippen LogP contribution in [0.4, 0.5) is 4.39 Å². The average molecular weight is 294 g/mol. The average Bonchev–Trinajstić information content (AvgIpc) is 2.90. The molecule has 2 aromatic carbocycles. The van der Waals surface area contributed by atoms with E-state index in [2.05, 4.69) is 5.32 Å². The van der Waals surface area contributed by atoms with Crippen LogP contribution in [0.1, 0.15) is 11.1 Å². The van der Waals surface area contributed by atoms with Crippen LogP contribution in [0.5, 0.6) is 11.5 Å². The van der Waals surface area contributed by atoms with Gasteiger partial charge in [0.05, 0.1) is 0 Å². The van der Waals surface area contributed by atoms with E-state index in [1.807, 2.05) is 18.2 Å². The van der Waals surface area contributed by atoms with Crippen molar-refractivity contribution in [3.63, 3.8) is 0 Å². The van der Waals surface area contributed by atoms with Crippen LogP contribution in [0, 0.1) is 5.82 Å². The van der Waals surface area contributed by atoms with Crippen molar-refractivity contribution < 1.29 is 13.9 Å². The summed E-state index contributed by atoms with van der Waals surface area (Å²) in [7, 11) is 0. The predicted octanol–water partition coefficient (Wildman–Crippen LogP) is 3.50. The van der Waals surface area contributed by atoms with E-state index in [1.165, 1.54) is 12.1 Å². The van der Waals surface area contributed by atoms with Crippen molar-refractivity contribution in [3.8, 4) is 11.5 Å². The fraction of sp³-hybridized carbons (Fsp3) is 0.200. The minimum atomic E-state index is -0.283. The number of fused-ring (bicyclic) bond motifs is 1. The second-order valence-electron chi connectivity index (χ2n) is 4.53. The lowest BCUT2D eigenvalue weighted by molar-refractivity contribution is 0.174. The molecule has 0 saturated heterocycles. The molecule has 0 radical (unpaired) electrons. The summed E-state index contributed by atoms with van der Waals surface area (Å²) in [6, 6.07) is 10.1. The van der Waals surface area contributed by atoms with E-state index in [1.54, 1.807) is 6.07 Å². The molecule has 0 aliphatic carbocycles. The Morgan fingerprint density at radius 3 is 2.80 bits per heavy atom. The van der Waals surface area contributed by atoms with Gasteiger partial charge in [-0.3, -0.25) is 0 Å². The number of hydrogen-bond donors (Lipinski definition) is 1. The molecule has 1 N–H and O–H groups in total. The van der Waals surface area contributed by atoms with Crippen molar-refractivity contribution in [1.29, 1.82) is 0 Å². The molecule has 5 heteroatoms. The zero-order valence-corrected chi connectivity index (χ0v) is 11.4. The first-order chi connectivity index (χ1) is 9.72. The first-order valence-electron chi connectivity index (χ1n) is 6.25. The van der Waals surface area contributed by atoms with E-state index < -0.39 is 0 Å². The van der Waals surface area contributed by atoms with Gasteiger partial charge in [-0.1, -0.05) is 17.7 Å².